The van der Waals surface area contributed by atoms with E-state index in [-0.39, 0.29) is 30.8 Å². The van der Waals surface area contributed by atoms with E-state index in [9.17, 15) is 14.7 Å². The molecule has 0 unspecified atom stereocenters. The summed E-state index contributed by atoms with van der Waals surface area (Å²) in [5, 5.41) is 9.62. The van der Waals surface area contributed by atoms with Crippen molar-refractivity contribution in [2.45, 2.75) is 220 Å². The second-order valence-electron chi connectivity index (χ2n) is 16.4. The highest BCUT2D eigenvalue weighted by molar-refractivity contribution is 5.69. The van der Waals surface area contributed by atoms with E-state index < -0.39 is 0 Å². The Morgan fingerprint density at radius 1 is 0.397 bits per heavy atom. The Kier molecular flexibility index (Phi) is 45.7. The van der Waals surface area contributed by atoms with Crippen LogP contribution in [0.3, 0.4) is 0 Å². The van der Waals surface area contributed by atoms with E-state index in [0.29, 0.717) is 72.2 Å². The molecule has 0 aliphatic carbocycles. The molecule has 0 heterocycles. The maximum atomic E-state index is 12.6. The minimum absolute atomic E-state index is 0.153. The molecule has 0 aliphatic heterocycles. The molecule has 0 aromatic carbocycles. The van der Waals surface area contributed by atoms with Crippen LogP contribution in [0.4, 0.5) is 0 Å². The fourth-order valence-electron chi connectivity index (χ4n) is 6.85. The highest BCUT2D eigenvalue weighted by Crippen LogP contribution is 2.12. The van der Waals surface area contributed by atoms with Gasteiger partial charge in [0.15, 0.2) is 0 Å². The molecule has 10 nitrogen and oxygen atoms in total. The van der Waals surface area contributed by atoms with Gasteiger partial charge < -0.3 is 38.4 Å². The molecule has 0 saturated carbocycles. The molecule has 0 saturated heterocycles. The summed E-state index contributed by atoms with van der Waals surface area (Å²) in [6.07, 6.45) is 29.0. The van der Waals surface area contributed by atoms with E-state index in [1.807, 2.05) is 0 Å². The van der Waals surface area contributed by atoms with Gasteiger partial charge in [-0.1, -0.05) is 143 Å². The lowest BCUT2D eigenvalue weighted by atomic mass is 10.1. The van der Waals surface area contributed by atoms with Gasteiger partial charge >= 0.3 is 11.9 Å². The second kappa shape index (κ2) is 46.8. The van der Waals surface area contributed by atoms with Crippen molar-refractivity contribution in [2.75, 3.05) is 79.1 Å². The number of ether oxygens (including phenoxy) is 6. The van der Waals surface area contributed by atoms with Crippen LogP contribution < -0.4 is 0 Å². The number of aliphatic hydroxyl groups is 1. The van der Waals surface area contributed by atoms with E-state index in [4.69, 9.17) is 28.4 Å². The standard InChI is InChI=1S/C48H95NO9/c1-5-9-13-27-37-53-41-45(42-54-38-28-14-10-6-2)57-47(51)31-23-19-17-21-25-33-49(35-36-50)34-26-22-18-20-24-32-48(52)58-46(43-55-39-29-15-11-7-3)44-56-40-30-16-12-8-4/h45-46,50H,5-44H2,1-4H3. The molecule has 58 heavy (non-hydrogen) atoms. The van der Waals surface area contributed by atoms with E-state index in [0.717, 1.165) is 103 Å². The molecule has 0 aromatic heterocycles. The maximum Gasteiger partial charge on any atom is 0.306 e. The molecule has 0 radical (unpaired) electrons. The largest absolute Gasteiger partial charge is 0.457 e. The molecule has 0 spiro atoms. The van der Waals surface area contributed by atoms with Gasteiger partial charge in [0.05, 0.1) is 33.0 Å². The minimum Gasteiger partial charge on any atom is -0.457 e. The van der Waals surface area contributed by atoms with Crippen LogP contribution in [0.5, 0.6) is 0 Å². The second-order valence-corrected chi connectivity index (χ2v) is 16.4. The quantitative estimate of drug-likeness (QED) is 0.0470. The monoisotopic (exact) mass is 830 g/mol. The van der Waals surface area contributed by atoms with Gasteiger partial charge in [-0.3, -0.25) is 9.59 Å². The van der Waals surface area contributed by atoms with E-state index >= 15 is 0 Å². The number of nitrogens with zero attached hydrogens (tertiary/aromatic N) is 1. The van der Waals surface area contributed by atoms with E-state index in [2.05, 4.69) is 32.6 Å². The maximum absolute atomic E-state index is 12.6. The Labute approximate surface area is 357 Å². The molecule has 0 bridgehead atoms. The summed E-state index contributed by atoms with van der Waals surface area (Å²) in [6, 6.07) is 0. The van der Waals surface area contributed by atoms with Crippen molar-refractivity contribution in [1.29, 1.82) is 0 Å². The van der Waals surface area contributed by atoms with Crippen LogP contribution in [0.25, 0.3) is 0 Å². The van der Waals surface area contributed by atoms with Gasteiger partial charge in [-0.15, -0.1) is 0 Å². The third kappa shape index (κ3) is 41.4. The van der Waals surface area contributed by atoms with Gasteiger partial charge in [-0.05, 0) is 64.5 Å². The van der Waals surface area contributed by atoms with Crippen LogP contribution in [-0.4, -0.2) is 113 Å². The van der Waals surface area contributed by atoms with Gasteiger partial charge in [0.2, 0.25) is 0 Å². The summed E-state index contributed by atoms with van der Waals surface area (Å²) < 4.78 is 35.0. The van der Waals surface area contributed by atoms with Gasteiger partial charge in [0, 0.05) is 45.8 Å². The third-order valence-electron chi connectivity index (χ3n) is 10.5. The smallest absolute Gasteiger partial charge is 0.306 e. The van der Waals surface area contributed by atoms with Crippen LogP contribution in [0.15, 0.2) is 0 Å². The highest BCUT2D eigenvalue weighted by atomic mass is 16.6. The topological polar surface area (TPSA) is 113 Å². The van der Waals surface area contributed by atoms with Crippen molar-refractivity contribution >= 4 is 11.9 Å². The molecule has 0 rings (SSSR count). The summed E-state index contributed by atoms with van der Waals surface area (Å²) in [5.41, 5.74) is 0. The number of aliphatic hydroxyl groups excluding tert-OH is 1. The summed E-state index contributed by atoms with van der Waals surface area (Å²) in [7, 11) is 0. The van der Waals surface area contributed by atoms with Gasteiger partial charge in [0.1, 0.15) is 12.2 Å². The fraction of sp³-hybridized carbons (Fsp3) is 0.958. The number of hydrogen-bond donors (Lipinski definition) is 1. The number of unbranched alkanes of at least 4 members (excludes halogenated alkanes) is 20. The first kappa shape index (κ1) is 56.7. The van der Waals surface area contributed by atoms with Crippen molar-refractivity contribution in [3.05, 3.63) is 0 Å². The lowest BCUT2D eigenvalue weighted by molar-refractivity contribution is -0.157. The van der Waals surface area contributed by atoms with E-state index in [1.54, 1.807) is 0 Å². The first-order chi connectivity index (χ1) is 28.5. The number of carbonyl (C=O) groups is 2. The van der Waals surface area contributed by atoms with Crippen LogP contribution >= 0.6 is 0 Å². The number of carbonyl (C=O) groups excluding carboxylic acids is 2. The molecule has 0 aromatic rings. The average Bonchev–Trinajstić information content (AvgIpc) is 3.21. The van der Waals surface area contributed by atoms with Crippen molar-refractivity contribution in [1.82, 2.24) is 4.90 Å². The van der Waals surface area contributed by atoms with Gasteiger partial charge in [0.25, 0.3) is 0 Å². The Bertz CT molecular complexity index is 752. The fourth-order valence-corrected chi connectivity index (χ4v) is 6.85. The zero-order valence-electron chi connectivity index (χ0n) is 38.6. The van der Waals surface area contributed by atoms with Crippen molar-refractivity contribution in [3.63, 3.8) is 0 Å². The summed E-state index contributed by atoms with van der Waals surface area (Å²) in [4.78, 5) is 27.6. The number of rotatable bonds is 48. The average molecular weight is 830 g/mol. The van der Waals surface area contributed by atoms with Crippen molar-refractivity contribution in [2.24, 2.45) is 0 Å². The van der Waals surface area contributed by atoms with Crippen molar-refractivity contribution < 1.29 is 43.1 Å². The lowest BCUT2D eigenvalue weighted by Gasteiger charge is -2.21. The predicted octanol–water partition coefficient (Wildman–Crippen LogP) is 11.2. The molecular weight excluding hydrogens is 735 g/mol. The summed E-state index contributed by atoms with van der Waals surface area (Å²) in [5.74, 6) is -0.306. The number of hydrogen-bond acceptors (Lipinski definition) is 10. The molecule has 346 valence electrons. The first-order valence-corrected chi connectivity index (χ1v) is 24.5. The van der Waals surface area contributed by atoms with Crippen molar-refractivity contribution in [3.8, 4) is 0 Å². The Balaban J connectivity index is 4.21. The zero-order valence-corrected chi connectivity index (χ0v) is 38.6. The first-order valence-electron chi connectivity index (χ1n) is 24.5. The SMILES string of the molecule is CCCCCCOCC(COCCCCCC)OC(=O)CCCCCCCN(CCO)CCCCCCCC(=O)OC(COCCCCCC)COCCCCCC. The number of esters is 2. The highest BCUT2D eigenvalue weighted by Gasteiger charge is 2.17. The normalized spacial score (nSPS) is 11.7. The summed E-state index contributed by atoms with van der Waals surface area (Å²) in [6.45, 7) is 16.1. The Hall–Kier alpha value is -1.30. The predicted molar refractivity (Wildman–Crippen MR) is 239 cm³/mol. The minimum atomic E-state index is -0.338. The Morgan fingerprint density at radius 2 is 0.690 bits per heavy atom. The molecule has 0 atom stereocenters. The molecule has 0 fully saturated rings. The summed E-state index contributed by atoms with van der Waals surface area (Å²) >= 11 is 0. The Morgan fingerprint density at radius 3 is 1.00 bits per heavy atom. The zero-order chi connectivity index (χ0) is 42.4. The van der Waals surface area contributed by atoms with Crippen LogP contribution in [0.1, 0.15) is 207 Å². The van der Waals surface area contributed by atoms with Gasteiger partial charge in [-0.25, -0.2) is 0 Å². The lowest BCUT2D eigenvalue weighted by Crippen LogP contribution is -2.29. The molecular formula is C48H95NO9. The van der Waals surface area contributed by atoms with Crippen LogP contribution in [-0.2, 0) is 38.0 Å². The van der Waals surface area contributed by atoms with E-state index in [1.165, 1.54) is 77.0 Å². The van der Waals surface area contributed by atoms with Crippen LogP contribution in [0.2, 0.25) is 0 Å². The van der Waals surface area contributed by atoms with Crippen LogP contribution in [0, 0.1) is 0 Å². The third-order valence-corrected chi connectivity index (χ3v) is 10.5. The molecule has 0 amide bonds. The molecule has 10 heteroatoms. The molecule has 1 N–H and O–H groups in total. The molecule has 0 aliphatic rings. The van der Waals surface area contributed by atoms with Gasteiger partial charge in [-0.2, -0.15) is 0 Å².